The van der Waals surface area contributed by atoms with Crippen molar-refractivity contribution < 1.29 is 4.74 Å². The van der Waals surface area contributed by atoms with Gasteiger partial charge in [-0.05, 0) is 78.3 Å². The molecule has 156 valence electrons. The van der Waals surface area contributed by atoms with Crippen LogP contribution < -0.4 is 0 Å². The molecule has 0 radical (unpaired) electrons. The minimum Gasteiger partial charge on any atom is -0.481 e. The van der Waals surface area contributed by atoms with Crippen LogP contribution in [0.15, 0.2) is 81.4 Å². The van der Waals surface area contributed by atoms with Crippen LogP contribution in [-0.2, 0) is 4.74 Å². The van der Waals surface area contributed by atoms with Crippen LogP contribution in [0.1, 0.15) is 49.5 Å². The van der Waals surface area contributed by atoms with Crippen molar-refractivity contribution in [3.8, 4) is 6.07 Å². The van der Waals surface area contributed by atoms with E-state index in [0.29, 0.717) is 18.1 Å². The zero-order valence-electron chi connectivity index (χ0n) is 17.7. The molecule has 6 heteroatoms. The number of thioether (sulfide) groups is 1. The Labute approximate surface area is 187 Å². The molecule has 0 saturated heterocycles. The monoisotopic (exact) mass is 428 g/mol. The maximum Gasteiger partial charge on any atom is 0.185 e. The molecule has 2 aromatic rings. The molecule has 3 heterocycles. The van der Waals surface area contributed by atoms with Gasteiger partial charge in [0, 0.05) is 31.7 Å². The van der Waals surface area contributed by atoms with Crippen LogP contribution in [0.4, 0.5) is 0 Å². The van der Waals surface area contributed by atoms with Crippen LogP contribution in [-0.4, -0.2) is 22.5 Å². The van der Waals surface area contributed by atoms with Crippen LogP contribution in [0.25, 0.3) is 6.08 Å². The van der Waals surface area contributed by atoms with E-state index in [1.807, 2.05) is 38.4 Å². The predicted molar refractivity (Wildman–Crippen MR) is 125 cm³/mol. The number of allylic oxidation sites excluding steroid dienone is 3. The Balaban J connectivity index is 1.90. The van der Waals surface area contributed by atoms with Gasteiger partial charge < -0.3 is 4.74 Å². The summed E-state index contributed by atoms with van der Waals surface area (Å²) in [4.78, 5) is 13.0. The molecule has 0 aromatic carbocycles. The quantitative estimate of drug-likeness (QED) is 0.440. The lowest BCUT2D eigenvalue weighted by Gasteiger charge is -2.33. The molecule has 1 aliphatic heterocycles. The molecule has 0 N–H and O–H groups in total. The molecule has 5 nitrogen and oxygen atoms in total. The number of nitrogens with zero attached hydrogens (tertiary/aromatic N) is 4. The van der Waals surface area contributed by atoms with E-state index in [4.69, 9.17) is 9.73 Å². The SMILES string of the molecule is CCO/C(C)=N\C1=C(C#N)C2=C(CCC/C2=C\c2ccncc2)C(c2ccncc2)S1. The summed E-state index contributed by atoms with van der Waals surface area (Å²) in [5.74, 6) is 0.575. The fourth-order valence-electron chi connectivity index (χ4n) is 4.04. The molecule has 0 saturated carbocycles. The van der Waals surface area contributed by atoms with Crippen LogP contribution in [0, 0.1) is 11.3 Å². The first-order chi connectivity index (χ1) is 15.2. The topological polar surface area (TPSA) is 71.2 Å². The fraction of sp³-hybridized carbons (Fsp3) is 0.280. The van der Waals surface area contributed by atoms with Gasteiger partial charge in [-0.15, -0.1) is 0 Å². The number of rotatable bonds is 4. The van der Waals surface area contributed by atoms with Crippen molar-refractivity contribution in [1.29, 1.82) is 5.26 Å². The standard InChI is InChI=1S/C25H24N4OS/c1-3-30-17(2)29-25-22(16-26)23-20(15-18-7-11-27-12-8-18)5-4-6-21(23)24(31-25)19-9-13-28-14-10-19/h7-15,24H,3-6H2,1-2H3/b20-15+,29-17-. The smallest absolute Gasteiger partial charge is 0.185 e. The number of aliphatic imine (C=N–C) groups is 1. The van der Waals surface area contributed by atoms with Crippen molar-refractivity contribution in [2.24, 2.45) is 4.99 Å². The van der Waals surface area contributed by atoms with Crippen molar-refractivity contribution in [3.05, 3.63) is 87.5 Å². The third kappa shape index (κ3) is 4.62. The van der Waals surface area contributed by atoms with Gasteiger partial charge in [0.15, 0.2) is 5.90 Å². The number of hydrogen-bond acceptors (Lipinski definition) is 6. The summed E-state index contributed by atoms with van der Waals surface area (Å²) in [6.07, 6.45) is 12.4. The average molecular weight is 429 g/mol. The Morgan fingerprint density at radius 1 is 1.19 bits per heavy atom. The zero-order chi connectivity index (χ0) is 21.6. The van der Waals surface area contributed by atoms with Gasteiger partial charge in [0.2, 0.25) is 0 Å². The minimum atomic E-state index is 0.101. The van der Waals surface area contributed by atoms with Crippen LogP contribution in [0.5, 0.6) is 0 Å². The van der Waals surface area contributed by atoms with Gasteiger partial charge in [-0.1, -0.05) is 17.8 Å². The molecule has 0 amide bonds. The first-order valence-electron chi connectivity index (χ1n) is 10.4. The van der Waals surface area contributed by atoms with Crippen molar-refractivity contribution in [3.63, 3.8) is 0 Å². The highest BCUT2D eigenvalue weighted by Gasteiger charge is 2.34. The largest absolute Gasteiger partial charge is 0.481 e. The Morgan fingerprint density at radius 2 is 1.90 bits per heavy atom. The normalized spacial score (nSPS) is 20.5. The van der Waals surface area contributed by atoms with Crippen LogP contribution >= 0.6 is 11.8 Å². The van der Waals surface area contributed by atoms with Crippen molar-refractivity contribution in [1.82, 2.24) is 9.97 Å². The summed E-state index contributed by atoms with van der Waals surface area (Å²) < 4.78 is 5.58. The number of hydrogen-bond donors (Lipinski definition) is 0. The molecule has 0 fully saturated rings. The van der Waals surface area contributed by atoms with Crippen molar-refractivity contribution in [2.45, 2.75) is 38.4 Å². The molecule has 4 rings (SSSR count). The molecule has 1 aliphatic carbocycles. The highest BCUT2D eigenvalue weighted by Crippen LogP contribution is 2.54. The van der Waals surface area contributed by atoms with E-state index >= 15 is 0 Å². The van der Waals surface area contributed by atoms with Gasteiger partial charge in [0.1, 0.15) is 11.1 Å². The highest BCUT2D eigenvalue weighted by molar-refractivity contribution is 8.03. The van der Waals surface area contributed by atoms with E-state index in [9.17, 15) is 5.26 Å². The van der Waals surface area contributed by atoms with Gasteiger partial charge in [-0.3, -0.25) is 9.97 Å². The van der Waals surface area contributed by atoms with E-state index in [0.717, 1.165) is 35.4 Å². The maximum atomic E-state index is 10.2. The summed E-state index contributed by atoms with van der Waals surface area (Å²) in [6, 6.07) is 10.6. The Hall–Kier alpha value is -3.17. The van der Waals surface area contributed by atoms with Gasteiger partial charge in [-0.2, -0.15) is 5.26 Å². The fourth-order valence-corrected chi connectivity index (χ4v) is 5.38. The first-order valence-corrected chi connectivity index (χ1v) is 11.3. The lowest BCUT2D eigenvalue weighted by molar-refractivity contribution is 0.324. The van der Waals surface area contributed by atoms with E-state index in [2.05, 4.69) is 34.2 Å². The molecule has 0 spiro atoms. The lowest BCUT2D eigenvalue weighted by atomic mass is 9.80. The van der Waals surface area contributed by atoms with E-state index in [1.165, 1.54) is 16.7 Å². The summed E-state index contributed by atoms with van der Waals surface area (Å²) in [7, 11) is 0. The maximum absolute atomic E-state index is 10.2. The van der Waals surface area contributed by atoms with Crippen molar-refractivity contribution >= 4 is 23.7 Å². The molecule has 2 aromatic heterocycles. The second-order valence-corrected chi connectivity index (χ2v) is 8.43. The van der Waals surface area contributed by atoms with Gasteiger partial charge in [-0.25, -0.2) is 4.99 Å². The van der Waals surface area contributed by atoms with Gasteiger partial charge in [0.25, 0.3) is 0 Å². The number of ether oxygens (including phenoxy) is 1. The molecular weight excluding hydrogens is 404 g/mol. The summed E-state index contributed by atoms with van der Waals surface area (Å²) in [5, 5.41) is 11.0. The lowest BCUT2D eigenvalue weighted by Crippen LogP contribution is -2.16. The first kappa shape index (κ1) is 21.1. The van der Waals surface area contributed by atoms with Crippen molar-refractivity contribution in [2.75, 3.05) is 6.61 Å². The third-order valence-electron chi connectivity index (χ3n) is 5.32. The van der Waals surface area contributed by atoms with E-state index < -0.39 is 0 Å². The summed E-state index contributed by atoms with van der Waals surface area (Å²) in [5.41, 5.74) is 6.44. The average Bonchev–Trinajstić information content (AvgIpc) is 2.80. The second-order valence-electron chi connectivity index (χ2n) is 7.34. The second kappa shape index (κ2) is 9.76. The summed E-state index contributed by atoms with van der Waals surface area (Å²) >= 11 is 1.63. The third-order valence-corrected chi connectivity index (χ3v) is 6.64. The van der Waals surface area contributed by atoms with Gasteiger partial charge >= 0.3 is 0 Å². The molecule has 1 atom stereocenters. The number of aromatic nitrogens is 2. The molecule has 0 bridgehead atoms. The molecule has 31 heavy (non-hydrogen) atoms. The zero-order valence-corrected chi connectivity index (χ0v) is 18.5. The molecule has 2 aliphatic rings. The van der Waals surface area contributed by atoms with Crippen LogP contribution in [0.2, 0.25) is 0 Å². The Kier molecular flexibility index (Phi) is 6.63. The number of pyridine rings is 2. The predicted octanol–water partition coefficient (Wildman–Crippen LogP) is 6.02. The molecular formula is C25H24N4OS. The Bertz CT molecular complexity index is 1110. The molecule has 1 unspecified atom stereocenters. The number of nitriles is 1. The van der Waals surface area contributed by atoms with E-state index in [-0.39, 0.29) is 5.25 Å². The van der Waals surface area contributed by atoms with Gasteiger partial charge in [0.05, 0.1) is 17.4 Å². The van der Waals surface area contributed by atoms with Crippen LogP contribution in [0.3, 0.4) is 0 Å². The minimum absolute atomic E-state index is 0.101. The highest BCUT2D eigenvalue weighted by atomic mass is 32.2. The Morgan fingerprint density at radius 3 is 2.58 bits per heavy atom. The summed E-state index contributed by atoms with van der Waals surface area (Å²) in [6.45, 7) is 4.32. The van der Waals surface area contributed by atoms with E-state index in [1.54, 1.807) is 24.2 Å².